The van der Waals surface area contributed by atoms with Crippen LogP contribution in [0, 0.1) is 0 Å². The summed E-state index contributed by atoms with van der Waals surface area (Å²) >= 11 is 0. The molecule has 0 amide bonds. The summed E-state index contributed by atoms with van der Waals surface area (Å²) in [6, 6.07) is 11.4. The van der Waals surface area contributed by atoms with Gasteiger partial charge in [0.05, 0.1) is 0 Å². The predicted octanol–water partition coefficient (Wildman–Crippen LogP) is 2.57. The van der Waals surface area contributed by atoms with Gasteiger partial charge in [0.1, 0.15) is 5.75 Å². The summed E-state index contributed by atoms with van der Waals surface area (Å²) in [5.74, 6) is 0.376. The molecular formula is C13H13NO. The molecule has 1 heterocycles. The van der Waals surface area contributed by atoms with E-state index < -0.39 is 0 Å². The third kappa shape index (κ3) is 2.56. The van der Waals surface area contributed by atoms with E-state index in [1.54, 1.807) is 12.3 Å². The predicted molar refractivity (Wildman–Crippen MR) is 59.8 cm³/mol. The Balaban J connectivity index is 2.03. The van der Waals surface area contributed by atoms with E-state index in [0.717, 1.165) is 18.4 Å². The van der Waals surface area contributed by atoms with Crippen LogP contribution >= 0.6 is 0 Å². The van der Waals surface area contributed by atoms with Gasteiger partial charge in [-0.1, -0.05) is 24.3 Å². The van der Waals surface area contributed by atoms with Gasteiger partial charge in [0.2, 0.25) is 0 Å². The second-order valence-electron chi connectivity index (χ2n) is 3.49. The Morgan fingerprint density at radius 3 is 2.60 bits per heavy atom. The Labute approximate surface area is 89.2 Å². The molecule has 0 spiro atoms. The average molecular weight is 199 g/mol. The first-order chi connectivity index (χ1) is 7.36. The minimum absolute atomic E-state index is 0.376. The molecule has 1 N–H and O–H groups in total. The smallest absolute Gasteiger partial charge is 0.118 e. The van der Waals surface area contributed by atoms with Crippen LogP contribution in [0.3, 0.4) is 0 Å². The number of phenols is 1. The highest BCUT2D eigenvalue weighted by Crippen LogP contribution is 2.17. The van der Waals surface area contributed by atoms with Crippen LogP contribution in [0.4, 0.5) is 0 Å². The number of benzene rings is 1. The minimum atomic E-state index is 0.376. The number of para-hydroxylation sites is 1. The molecule has 2 aromatic rings. The maximum atomic E-state index is 9.57. The van der Waals surface area contributed by atoms with Crippen molar-refractivity contribution in [2.45, 2.75) is 12.8 Å². The van der Waals surface area contributed by atoms with Gasteiger partial charge in [-0.15, -0.1) is 0 Å². The van der Waals surface area contributed by atoms with Gasteiger partial charge in [0.15, 0.2) is 0 Å². The van der Waals surface area contributed by atoms with Crippen molar-refractivity contribution in [3.05, 3.63) is 59.9 Å². The normalized spacial score (nSPS) is 10.1. The van der Waals surface area contributed by atoms with E-state index in [1.807, 2.05) is 36.5 Å². The molecular weight excluding hydrogens is 186 g/mol. The SMILES string of the molecule is Oc1ccccc1CCc1cccnc1. The Morgan fingerprint density at radius 1 is 1.00 bits per heavy atom. The zero-order chi connectivity index (χ0) is 10.5. The minimum Gasteiger partial charge on any atom is -0.508 e. The van der Waals surface area contributed by atoms with Gasteiger partial charge < -0.3 is 5.11 Å². The molecule has 15 heavy (non-hydrogen) atoms. The fourth-order valence-electron chi connectivity index (χ4n) is 1.55. The van der Waals surface area contributed by atoms with Crippen molar-refractivity contribution < 1.29 is 5.11 Å². The Kier molecular flexibility index (Phi) is 2.98. The van der Waals surface area contributed by atoms with Crippen LogP contribution in [0.2, 0.25) is 0 Å². The molecule has 0 aliphatic rings. The molecule has 0 atom stereocenters. The van der Waals surface area contributed by atoms with Crippen LogP contribution in [0.5, 0.6) is 5.75 Å². The highest BCUT2D eigenvalue weighted by atomic mass is 16.3. The van der Waals surface area contributed by atoms with Crippen molar-refractivity contribution >= 4 is 0 Å². The van der Waals surface area contributed by atoms with Crippen LogP contribution < -0.4 is 0 Å². The van der Waals surface area contributed by atoms with E-state index in [1.165, 1.54) is 5.56 Å². The molecule has 1 aromatic heterocycles. The molecule has 0 radical (unpaired) electrons. The maximum absolute atomic E-state index is 9.57. The molecule has 0 aliphatic carbocycles. The zero-order valence-corrected chi connectivity index (χ0v) is 8.43. The molecule has 76 valence electrons. The number of phenolic OH excluding ortho intramolecular Hbond substituents is 1. The number of hydrogen-bond acceptors (Lipinski definition) is 2. The molecule has 0 bridgehead atoms. The van der Waals surface area contributed by atoms with Crippen molar-refractivity contribution in [2.75, 3.05) is 0 Å². The van der Waals surface area contributed by atoms with Crippen molar-refractivity contribution in [1.82, 2.24) is 4.98 Å². The molecule has 2 rings (SSSR count). The summed E-state index contributed by atoms with van der Waals surface area (Å²) in [6.45, 7) is 0. The highest BCUT2D eigenvalue weighted by Gasteiger charge is 1.99. The zero-order valence-electron chi connectivity index (χ0n) is 8.43. The van der Waals surface area contributed by atoms with Gasteiger partial charge in [-0.05, 0) is 36.1 Å². The molecule has 0 saturated carbocycles. The molecule has 2 nitrogen and oxygen atoms in total. The molecule has 1 aromatic carbocycles. The van der Waals surface area contributed by atoms with E-state index in [2.05, 4.69) is 4.98 Å². The fourth-order valence-corrected chi connectivity index (χ4v) is 1.55. The van der Waals surface area contributed by atoms with E-state index in [0.29, 0.717) is 5.75 Å². The number of nitrogens with zero attached hydrogens (tertiary/aromatic N) is 1. The van der Waals surface area contributed by atoms with Gasteiger partial charge >= 0.3 is 0 Å². The van der Waals surface area contributed by atoms with E-state index >= 15 is 0 Å². The van der Waals surface area contributed by atoms with Crippen LogP contribution in [-0.4, -0.2) is 10.1 Å². The monoisotopic (exact) mass is 199 g/mol. The number of pyridine rings is 1. The largest absolute Gasteiger partial charge is 0.508 e. The first-order valence-corrected chi connectivity index (χ1v) is 5.02. The molecule has 0 fully saturated rings. The fraction of sp³-hybridized carbons (Fsp3) is 0.154. The Hall–Kier alpha value is -1.83. The number of aromatic hydroxyl groups is 1. The van der Waals surface area contributed by atoms with Crippen molar-refractivity contribution in [3.8, 4) is 5.75 Å². The average Bonchev–Trinajstić information content (AvgIpc) is 2.29. The van der Waals surface area contributed by atoms with Crippen LogP contribution in [0.15, 0.2) is 48.8 Å². The third-order valence-electron chi connectivity index (χ3n) is 2.40. The number of hydrogen-bond donors (Lipinski definition) is 1. The van der Waals surface area contributed by atoms with Crippen molar-refractivity contribution in [1.29, 1.82) is 0 Å². The standard InChI is InChI=1S/C13H13NO/c15-13-6-2-1-5-12(13)8-7-11-4-3-9-14-10-11/h1-6,9-10,15H,7-8H2. The summed E-state index contributed by atoms with van der Waals surface area (Å²) in [4.78, 5) is 4.06. The van der Waals surface area contributed by atoms with E-state index in [9.17, 15) is 5.11 Å². The highest BCUT2D eigenvalue weighted by molar-refractivity contribution is 5.32. The van der Waals surface area contributed by atoms with Crippen LogP contribution in [-0.2, 0) is 12.8 Å². The van der Waals surface area contributed by atoms with Gasteiger partial charge in [-0.25, -0.2) is 0 Å². The van der Waals surface area contributed by atoms with Gasteiger partial charge in [0.25, 0.3) is 0 Å². The van der Waals surface area contributed by atoms with E-state index in [-0.39, 0.29) is 0 Å². The quantitative estimate of drug-likeness (QED) is 0.824. The molecule has 0 aliphatic heterocycles. The van der Waals surface area contributed by atoms with Crippen LogP contribution in [0.25, 0.3) is 0 Å². The lowest BCUT2D eigenvalue weighted by Crippen LogP contribution is -1.91. The lowest BCUT2D eigenvalue weighted by molar-refractivity contribution is 0.468. The van der Waals surface area contributed by atoms with Gasteiger partial charge in [-0.3, -0.25) is 4.98 Å². The Bertz CT molecular complexity index is 426. The summed E-state index contributed by atoms with van der Waals surface area (Å²) < 4.78 is 0. The molecule has 2 heteroatoms. The molecule has 0 unspecified atom stereocenters. The lowest BCUT2D eigenvalue weighted by Gasteiger charge is -2.03. The number of aryl methyl sites for hydroxylation is 2. The first-order valence-electron chi connectivity index (χ1n) is 5.02. The topological polar surface area (TPSA) is 33.1 Å². The van der Waals surface area contributed by atoms with Gasteiger partial charge in [-0.2, -0.15) is 0 Å². The number of rotatable bonds is 3. The summed E-state index contributed by atoms with van der Waals surface area (Å²) in [5, 5.41) is 9.57. The van der Waals surface area contributed by atoms with E-state index in [4.69, 9.17) is 0 Å². The second-order valence-corrected chi connectivity index (χ2v) is 3.49. The Morgan fingerprint density at radius 2 is 1.87 bits per heavy atom. The van der Waals surface area contributed by atoms with Crippen LogP contribution in [0.1, 0.15) is 11.1 Å². The lowest BCUT2D eigenvalue weighted by atomic mass is 10.1. The summed E-state index contributed by atoms with van der Waals surface area (Å²) in [5.41, 5.74) is 2.18. The van der Waals surface area contributed by atoms with Crippen molar-refractivity contribution in [3.63, 3.8) is 0 Å². The molecule has 0 saturated heterocycles. The second kappa shape index (κ2) is 4.60. The van der Waals surface area contributed by atoms with Crippen molar-refractivity contribution in [2.24, 2.45) is 0 Å². The maximum Gasteiger partial charge on any atom is 0.118 e. The number of aromatic nitrogens is 1. The van der Waals surface area contributed by atoms with Gasteiger partial charge in [0, 0.05) is 12.4 Å². The first kappa shape index (κ1) is 9.71. The summed E-state index contributed by atoms with van der Waals surface area (Å²) in [6.07, 6.45) is 5.38. The third-order valence-corrected chi connectivity index (χ3v) is 2.40. The summed E-state index contributed by atoms with van der Waals surface area (Å²) in [7, 11) is 0.